The molecule has 0 amide bonds. The maximum atomic E-state index is 13.3. The van der Waals surface area contributed by atoms with Gasteiger partial charge in [-0.15, -0.1) is 5.10 Å². The SMILES string of the molecule is Cc1ccc(C)c2[nH]c(=O)c(CN(Cc3ccco3)C(c3nnnn3Cc3ccccc3)C(C)C)cc12. The van der Waals surface area contributed by atoms with Crippen LogP contribution >= 0.6 is 0 Å². The van der Waals surface area contributed by atoms with E-state index in [1.165, 1.54) is 0 Å². The Labute approximate surface area is 215 Å². The van der Waals surface area contributed by atoms with Gasteiger partial charge in [0.2, 0.25) is 0 Å². The summed E-state index contributed by atoms with van der Waals surface area (Å²) in [6, 6.07) is 20.0. The predicted octanol–water partition coefficient (Wildman–Crippen LogP) is 5.17. The van der Waals surface area contributed by atoms with Crippen molar-refractivity contribution in [3.63, 3.8) is 0 Å². The highest BCUT2D eigenvalue weighted by Crippen LogP contribution is 2.31. The molecule has 2 aromatic carbocycles. The van der Waals surface area contributed by atoms with Gasteiger partial charge in [0.1, 0.15) is 5.76 Å². The molecule has 1 N–H and O–H groups in total. The van der Waals surface area contributed by atoms with Gasteiger partial charge in [-0.3, -0.25) is 9.69 Å². The molecule has 3 aromatic heterocycles. The summed E-state index contributed by atoms with van der Waals surface area (Å²) in [7, 11) is 0. The van der Waals surface area contributed by atoms with Crippen molar-refractivity contribution in [1.29, 1.82) is 0 Å². The Balaban J connectivity index is 1.56. The molecule has 0 spiro atoms. The molecule has 1 atom stereocenters. The van der Waals surface area contributed by atoms with Gasteiger partial charge in [-0.1, -0.05) is 56.3 Å². The molecule has 1 unspecified atom stereocenters. The number of benzene rings is 2. The van der Waals surface area contributed by atoms with E-state index >= 15 is 0 Å². The van der Waals surface area contributed by atoms with Crippen molar-refractivity contribution in [3.05, 3.63) is 111 Å². The van der Waals surface area contributed by atoms with E-state index in [9.17, 15) is 4.79 Å². The lowest BCUT2D eigenvalue weighted by Gasteiger charge is -2.33. The van der Waals surface area contributed by atoms with Crippen LogP contribution in [0.5, 0.6) is 0 Å². The van der Waals surface area contributed by atoms with Gasteiger partial charge in [0.05, 0.1) is 30.9 Å². The Morgan fingerprint density at radius 2 is 1.78 bits per heavy atom. The molecule has 8 heteroatoms. The minimum absolute atomic E-state index is 0.0861. The Morgan fingerprint density at radius 3 is 2.51 bits per heavy atom. The number of hydrogen-bond acceptors (Lipinski definition) is 6. The van der Waals surface area contributed by atoms with Crippen LogP contribution in [0.25, 0.3) is 10.9 Å². The normalized spacial score (nSPS) is 12.6. The molecule has 0 fully saturated rings. The molecule has 0 aliphatic carbocycles. The largest absolute Gasteiger partial charge is 0.468 e. The molecular weight excluding hydrogens is 464 g/mol. The summed E-state index contributed by atoms with van der Waals surface area (Å²) in [4.78, 5) is 18.6. The van der Waals surface area contributed by atoms with Gasteiger partial charge in [-0.2, -0.15) is 0 Å². The van der Waals surface area contributed by atoms with Gasteiger partial charge in [0, 0.05) is 17.5 Å². The van der Waals surface area contributed by atoms with Gasteiger partial charge >= 0.3 is 0 Å². The zero-order chi connectivity index (χ0) is 25.9. The summed E-state index contributed by atoms with van der Waals surface area (Å²) in [5, 5.41) is 13.9. The van der Waals surface area contributed by atoms with Crippen LogP contribution in [0, 0.1) is 19.8 Å². The number of rotatable bonds is 9. The molecule has 37 heavy (non-hydrogen) atoms. The Bertz CT molecular complexity index is 1540. The third-order valence-electron chi connectivity index (χ3n) is 6.86. The summed E-state index contributed by atoms with van der Waals surface area (Å²) >= 11 is 0. The third kappa shape index (κ3) is 5.24. The lowest BCUT2D eigenvalue weighted by molar-refractivity contribution is 0.116. The lowest BCUT2D eigenvalue weighted by atomic mass is 9.99. The number of furan rings is 1. The van der Waals surface area contributed by atoms with E-state index in [0.717, 1.165) is 39.2 Å². The average molecular weight is 497 g/mol. The van der Waals surface area contributed by atoms with Gasteiger partial charge < -0.3 is 9.40 Å². The standard InChI is InChI=1S/C29H32N6O2/c1-19(2)27(28-31-32-33-35(28)16-22-9-6-5-7-10-22)34(18-24-11-8-14-37-24)17-23-15-25-20(3)12-13-21(4)26(25)30-29(23)36/h5-15,19,27H,16-18H2,1-4H3,(H,30,36). The van der Waals surface area contributed by atoms with Crippen molar-refractivity contribution in [1.82, 2.24) is 30.1 Å². The number of aryl methyl sites for hydroxylation is 2. The number of nitrogens with zero attached hydrogens (tertiary/aromatic N) is 5. The van der Waals surface area contributed by atoms with E-state index < -0.39 is 0 Å². The highest BCUT2D eigenvalue weighted by molar-refractivity contribution is 5.85. The highest BCUT2D eigenvalue weighted by Gasteiger charge is 2.30. The lowest BCUT2D eigenvalue weighted by Crippen LogP contribution is -2.35. The first kappa shape index (κ1) is 24.6. The van der Waals surface area contributed by atoms with E-state index in [1.54, 1.807) is 6.26 Å². The van der Waals surface area contributed by atoms with Crippen LogP contribution in [0.1, 0.15) is 53.7 Å². The molecule has 0 radical (unpaired) electrons. The highest BCUT2D eigenvalue weighted by atomic mass is 16.3. The van der Waals surface area contributed by atoms with E-state index in [1.807, 2.05) is 54.1 Å². The second-order valence-corrected chi connectivity index (χ2v) is 9.97. The Morgan fingerprint density at radius 1 is 1.00 bits per heavy atom. The van der Waals surface area contributed by atoms with Crippen molar-refractivity contribution in [2.45, 2.75) is 53.4 Å². The smallest absolute Gasteiger partial charge is 0.252 e. The molecule has 0 bridgehead atoms. The first-order valence-corrected chi connectivity index (χ1v) is 12.6. The Kier molecular flexibility index (Phi) is 7.01. The maximum Gasteiger partial charge on any atom is 0.252 e. The number of hydrogen-bond donors (Lipinski definition) is 1. The van der Waals surface area contributed by atoms with Crippen molar-refractivity contribution in [3.8, 4) is 0 Å². The molecule has 0 saturated carbocycles. The van der Waals surface area contributed by atoms with Crippen LogP contribution in [0.15, 0.2) is 76.1 Å². The van der Waals surface area contributed by atoms with Crippen molar-refractivity contribution in [2.24, 2.45) is 5.92 Å². The number of aromatic nitrogens is 5. The zero-order valence-corrected chi connectivity index (χ0v) is 21.7. The molecule has 0 aliphatic rings. The molecule has 190 valence electrons. The van der Waals surface area contributed by atoms with E-state index in [-0.39, 0.29) is 17.5 Å². The maximum absolute atomic E-state index is 13.3. The number of H-pyrrole nitrogens is 1. The van der Waals surface area contributed by atoms with Crippen molar-refractivity contribution < 1.29 is 4.42 Å². The molecule has 0 saturated heterocycles. The molecule has 5 rings (SSSR count). The molecular formula is C29H32N6O2. The van der Waals surface area contributed by atoms with E-state index in [0.29, 0.717) is 25.2 Å². The Hall–Kier alpha value is -4.04. The summed E-state index contributed by atoms with van der Waals surface area (Å²) in [6.07, 6.45) is 1.67. The second-order valence-electron chi connectivity index (χ2n) is 9.97. The van der Waals surface area contributed by atoms with Crippen LogP contribution in [-0.4, -0.2) is 30.1 Å². The fourth-order valence-corrected chi connectivity index (χ4v) is 4.99. The van der Waals surface area contributed by atoms with Crippen LogP contribution in [0.4, 0.5) is 0 Å². The van der Waals surface area contributed by atoms with Crippen molar-refractivity contribution in [2.75, 3.05) is 0 Å². The number of fused-ring (bicyclic) bond motifs is 1. The monoisotopic (exact) mass is 496 g/mol. The number of tetrazole rings is 1. The van der Waals surface area contributed by atoms with Crippen LogP contribution in [-0.2, 0) is 19.6 Å². The van der Waals surface area contributed by atoms with Crippen LogP contribution in [0.2, 0.25) is 0 Å². The molecule has 8 nitrogen and oxygen atoms in total. The zero-order valence-electron chi connectivity index (χ0n) is 21.7. The minimum atomic E-state index is -0.155. The second kappa shape index (κ2) is 10.5. The van der Waals surface area contributed by atoms with Crippen LogP contribution < -0.4 is 5.56 Å². The van der Waals surface area contributed by atoms with E-state index in [4.69, 9.17) is 4.42 Å². The predicted molar refractivity (Wildman–Crippen MR) is 143 cm³/mol. The average Bonchev–Trinajstić information content (AvgIpc) is 3.55. The van der Waals surface area contributed by atoms with Gasteiger partial charge in [-0.25, -0.2) is 4.68 Å². The first-order valence-electron chi connectivity index (χ1n) is 12.6. The van der Waals surface area contributed by atoms with Crippen molar-refractivity contribution >= 4 is 10.9 Å². The number of nitrogens with one attached hydrogen (secondary N) is 1. The van der Waals surface area contributed by atoms with Crippen LogP contribution in [0.3, 0.4) is 0 Å². The first-order chi connectivity index (χ1) is 17.9. The molecule has 5 aromatic rings. The topological polar surface area (TPSA) is 92.8 Å². The minimum Gasteiger partial charge on any atom is -0.468 e. The summed E-state index contributed by atoms with van der Waals surface area (Å²) in [5.74, 6) is 1.74. The summed E-state index contributed by atoms with van der Waals surface area (Å²) < 4.78 is 7.58. The number of pyridine rings is 1. The van der Waals surface area contributed by atoms with Gasteiger partial charge in [-0.05, 0) is 65.1 Å². The summed E-state index contributed by atoms with van der Waals surface area (Å²) in [5.41, 5.74) is 4.80. The van der Waals surface area contributed by atoms with E-state index in [2.05, 4.69) is 64.4 Å². The van der Waals surface area contributed by atoms with Gasteiger partial charge in [0.15, 0.2) is 5.82 Å². The number of aromatic amines is 1. The fraction of sp³-hybridized carbons (Fsp3) is 0.310. The molecule has 3 heterocycles. The third-order valence-corrected chi connectivity index (χ3v) is 6.86. The quantitative estimate of drug-likeness (QED) is 0.303. The molecule has 0 aliphatic heterocycles. The van der Waals surface area contributed by atoms with Gasteiger partial charge in [0.25, 0.3) is 5.56 Å². The fourth-order valence-electron chi connectivity index (χ4n) is 4.99. The summed E-state index contributed by atoms with van der Waals surface area (Å²) in [6.45, 7) is 9.88.